The summed E-state index contributed by atoms with van der Waals surface area (Å²) in [5.74, 6) is -0.736. The Morgan fingerprint density at radius 1 is 0.952 bits per heavy atom. The predicted octanol–water partition coefficient (Wildman–Crippen LogP) is 3.83. The van der Waals surface area contributed by atoms with Crippen molar-refractivity contribution >= 4 is 11.6 Å². The van der Waals surface area contributed by atoms with Gasteiger partial charge in [0.15, 0.2) is 5.92 Å². The molecular weight excluding hydrogens is 282 g/mol. The first-order valence-electron chi connectivity index (χ1n) is 6.56. The average molecular weight is 296 g/mol. The highest BCUT2D eigenvalue weighted by atomic mass is 35.5. The van der Waals surface area contributed by atoms with Crippen LogP contribution in [0.3, 0.4) is 0 Å². The van der Waals surface area contributed by atoms with Crippen LogP contribution < -0.4 is 5.32 Å². The molecule has 0 fully saturated rings. The Morgan fingerprint density at radius 3 is 2.14 bits per heavy atom. The number of hydrogen-bond donors (Lipinski definition) is 1. The molecule has 3 nitrogen and oxygen atoms in total. The fraction of sp³-hybridized carbons (Fsp3) is 0.176. The average Bonchev–Trinajstić information content (AvgIpc) is 2.54. The molecule has 0 aliphatic rings. The molecular formula is C17H14ClN3. The van der Waals surface area contributed by atoms with Crippen molar-refractivity contribution in [3.8, 4) is 12.1 Å². The van der Waals surface area contributed by atoms with Crippen LogP contribution >= 0.6 is 11.6 Å². The molecule has 1 unspecified atom stereocenters. The van der Waals surface area contributed by atoms with E-state index in [9.17, 15) is 0 Å². The number of hydrogen-bond acceptors (Lipinski definition) is 3. The van der Waals surface area contributed by atoms with Gasteiger partial charge in [-0.05, 0) is 23.3 Å². The molecule has 0 saturated heterocycles. The molecule has 0 heterocycles. The maximum absolute atomic E-state index is 9.16. The van der Waals surface area contributed by atoms with E-state index in [1.54, 1.807) is 0 Å². The van der Waals surface area contributed by atoms with Gasteiger partial charge in [0.1, 0.15) is 0 Å². The molecule has 0 aromatic heterocycles. The lowest BCUT2D eigenvalue weighted by Crippen LogP contribution is -2.26. The summed E-state index contributed by atoms with van der Waals surface area (Å²) in [6.07, 6.45) is 0. The molecule has 21 heavy (non-hydrogen) atoms. The summed E-state index contributed by atoms with van der Waals surface area (Å²) in [6, 6.07) is 20.8. The van der Waals surface area contributed by atoms with Gasteiger partial charge in [-0.3, -0.25) is 0 Å². The van der Waals surface area contributed by atoms with Crippen LogP contribution in [0.1, 0.15) is 17.2 Å². The Labute approximate surface area is 129 Å². The number of nitrogens with one attached hydrogen (secondary N) is 1. The minimum atomic E-state index is -0.736. The Morgan fingerprint density at radius 2 is 1.57 bits per heavy atom. The molecule has 0 radical (unpaired) electrons. The third kappa shape index (κ3) is 4.07. The molecule has 0 saturated carbocycles. The zero-order valence-electron chi connectivity index (χ0n) is 11.3. The molecule has 104 valence electrons. The first-order valence-corrected chi connectivity index (χ1v) is 6.94. The van der Waals surface area contributed by atoms with Gasteiger partial charge in [0, 0.05) is 11.6 Å². The number of rotatable bonds is 5. The van der Waals surface area contributed by atoms with Crippen LogP contribution in [-0.4, -0.2) is 0 Å². The van der Waals surface area contributed by atoms with E-state index in [4.69, 9.17) is 22.1 Å². The van der Waals surface area contributed by atoms with Crippen LogP contribution in [0.5, 0.6) is 0 Å². The maximum atomic E-state index is 9.16. The van der Waals surface area contributed by atoms with Gasteiger partial charge in [-0.25, -0.2) is 0 Å². The van der Waals surface area contributed by atoms with Crippen molar-refractivity contribution in [1.82, 2.24) is 5.32 Å². The van der Waals surface area contributed by atoms with Crippen molar-refractivity contribution in [3.63, 3.8) is 0 Å². The summed E-state index contributed by atoms with van der Waals surface area (Å²) in [5, 5.41) is 22.3. The highest BCUT2D eigenvalue weighted by Gasteiger charge is 2.22. The molecule has 1 N–H and O–H groups in total. The van der Waals surface area contributed by atoms with Gasteiger partial charge in [-0.1, -0.05) is 54.1 Å². The molecule has 4 heteroatoms. The van der Waals surface area contributed by atoms with Crippen molar-refractivity contribution in [3.05, 3.63) is 70.7 Å². The summed E-state index contributed by atoms with van der Waals surface area (Å²) < 4.78 is 0. The normalized spacial score (nSPS) is 11.6. The fourth-order valence-corrected chi connectivity index (χ4v) is 2.22. The first-order chi connectivity index (χ1) is 10.2. The van der Waals surface area contributed by atoms with Crippen molar-refractivity contribution in [2.75, 3.05) is 0 Å². The van der Waals surface area contributed by atoms with E-state index in [0.717, 1.165) is 11.1 Å². The smallest absolute Gasteiger partial charge is 0.152 e. The second-order valence-electron chi connectivity index (χ2n) is 4.63. The second-order valence-corrected chi connectivity index (χ2v) is 5.07. The zero-order valence-corrected chi connectivity index (χ0v) is 12.1. The van der Waals surface area contributed by atoms with Crippen LogP contribution in [0.15, 0.2) is 54.6 Å². The molecule has 0 aliphatic carbocycles. The van der Waals surface area contributed by atoms with E-state index in [2.05, 4.69) is 17.5 Å². The van der Waals surface area contributed by atoms with Gasteiger partial charge < -0.3 is 5.32 Å². The molecule has 2 aromatic carbocycles. The van der Waals surface area contributed by atoms with E-state index in [0.29, 0.717) is 11.6 Å². The molecule has 0 spiro atoms. The zero-order chi connectivity index (χ0) is 15.1. The molecule has 0 bridgehead atoms. The Kier molecular flexibility index (Phi) is 5.35. The van der Waals surface area contributed by atoms with Gasteiger partial charge in [-0.15, -0.1) is 0 Å². The summed E-state index contributed by atoms with van der Waals surface area (Å²) in [6.45, 7) is 0.566. The third-order valence-electron chi connectivity index (χ3n) is 3.21. The van der Waals surface area contributed by atoms with Crippen LogP contribution in [0, 0.1) is 28.6 Å². The maximum Gasteiger partial charge on any atom is 0.152 e. The molecule has 2 aromatic rings. The van der Waals surface area contributed by atoms with Crippen LogP contribution in [0.4, 0.5) is 0 Å². The molecule has 0 aliphatic heterocycles. The Bertz CT molecular complexity index is 639. The van der Waals surface area contributed by atoms with E-state index < -0.39 is 5.92 Å². The standard InChI is InChI=1S/C17H14ClN3/c18-16-8-6-13(7-9-16)12-21-17(15(10-19)11-20)14-4-2-1-3-5-14/h1-9,15,17,21H,12H2. The number of nitriles is 2. The van der Waals surface area contributed by atoms with Crippen LogP contribution in [0.25, 0.3) is 0 Å². The number of benzene rings is 2. The summed E-state index contributed by atoms with van der Waals surface area (Å²) in [7, 11) is 0. The van der Waals surface area contributed by atoms with Crippen molar-refractivity contribution in [1.29, 1.82) is 10.5 Å². The van der Waals surface area contributed by atoms with E-state index >= 15 is 0 Å². The van der Waals surface area contributed by atoms with E-state index in [-0.39, 0.29) is 6.04 Å². The summed E-state index contributed by atoms with van der Waals surface area (Å²) >= 11 is 5.86. The van der Waals surface area contributed by atoms with Crippen LogP contribution in [0.2, 0.25) is 5.02 Å². The molecule has 2 rings (SSSR count). The minimum Gasteiger partial charge on any atom is -0.304 e. The van der Waals surface area contributed by atoms with E-state index in [1.165, 1.54) is 0 Å². The van der Waals surface area contributed by atoms with E-state index in [1.807, 2.05) is 54.6 Å². The highest BCUT2D eigenvalue weighted by molar-refractivity contribution is 6.30. The largest absolute Gasteiger partial charge is 0.304 e. The van der Waals surface area contributed by atoms with Gasteiger partial charge in [0.05, 0.1) is 18.2 Å². The lowest BCUT2D eigenvalue weighted by molar-refractivity contribution is 0.485. The summed E-state index contributed by atoms with van der Waals surface area (Å²) in [4.78, 5) is 0. The molecule has 0 amide bonds. The monoisotopic (exact) mass is 295 g/mol. The summed E-state index contributed by atoms with van der Waals surface area (Å²) in [5.41, 5.74) is 1.98. The lowest BCUT2D eigenvalue weighted by Gasteiger charge is -2.20. The van der Waals surface area contributed by atoms with Crippen molar-refractivity contribution in [2.45, 2.75) is 12.6 Å². The fourth-order valence-electron chi connectivity index (χ4n) is 2.10. The molecule has 1 atom stereocenters. The Hall–Kier alpha value is -2.33. The SMILES string of the molecule is N#CC(C#N)C(NCc1ccc(Cl)cc1)c1ccccc1. The van der Waals surface area contributed by atoms with Gasteiger partial charge >= 0.3 is 0 Å². The van der Waals surface area contributed by atoms with Gasteiger partial charge in [-0.2, -0.15) is 10.5 Å². The highest BCUT2D eigenvalue weighted by Crippen LogP contribution is 2.22. The minimum absolute atomic E-state index is 0.322. The van der Waals surface area contributed by atoms with Crippen molar-refractivity contribution < 1.29 is 0 Å². The first kappa shape index (κ1) is 15.1. The number of halogens is 1. The third-order valence-corrected chi connectivity index (χ3v) is 3.46. The quantitative estimate of drug-likeness (QED) is 0.912. The van der Waals surface area contributed by atoms with Gasteiger partial charge in [0.25, 0.3) is 0 Å². The van der Waals surface area contributed by atoms with Crippen LogP contribution in [-0.2, 0) is 6.54 Å². The van der Waals surface area contributed by atoms with Crippen molar-refractivity contribution in [2.24, 2.45) is 5.92 Å². The number of nitrogens with zero attached hydrogens (tertiary/aromatic N) is 2. The lowest BCUT2D eigenvalue weighted by atomic mass is 9.95. The predicted molar refractivity (Wildman–Crippen MR) is 82.2 cm³/mol. The van der Waals surface area contributed by atoms with Gasteiger partial charge in [0.2, 0.25) is 0 Å². The Balaban J connectivity index is 2.15. The second kappa shape index (κ2) is 7.45. The topological polar surface area (TPSA) is 59.6 Å².